The lowest BCUT2D eigenvalue weighted by Gasteiger charge is -2.35. The van der Waals surface area contributed by atoms with Crippen LogP contribution in [0.25, 0.3) is 10.9 Å². The number of nitrogens with zero attached hydrogens (tertiary/aromatic N) is 11. The van der Waals surface area contributed by atoms with Crippen LogP contribution in [-0.2, 0) is 29.7 Å². The second-order valence-electron chi connectivity index (χ2n) is 13.3. The van der Waals surface area contributed by atoms with Crippen LogP contribution in [-0.4, -0.2) is 123 Å². The normalized spacial score (nSPS) is 20.5. The van der Waals surface area contributed by atoms with Gasteiger partial charge in [0.15, 0.2) is 0 Å². The molecule has 7 rings (SSSR count). The van der Waals surface area contributed by atoms with Crippen LogP contribution in [0.5, 0.6) is 5.88 Å². The molecule has 1 atom stereocenters. The number of aromatic nitrogens is 6. The number of nitrogens with one attached hydrogen (secondary N) is 1. The smallest absolute Gasteiger partial charge is 0.271 e. The predicted molar refractivity (Wildman–Crippen MR) is 198 cm³/mol. The van der Waals surface area contributed by atoms with Gasteiger partial charge in [0.25, 0.3) is 5.95 Å². The molecular formula is C34H45FN12O4S. The number of ether oxygens (including phenoxy) is 2. The van der Waals surface area contributed by atoms with Crippen molar-refractivity contribution in [3.05, 3.63) is 47.5 Å². The molecule has 2 aliphatic heterocycles. The second kappa shape index (κ2) is 16.5. The average molecular weight is 737 g/mol. The lowest BCUT2D eigenvalue weighted by Crippen LogP contribution is -2.47. The Morgan fingerprint density at radius 1 is 1.00 bits per heavy atom. The van der Waals surface area contributed by atoms with Crippen LogP contribution in [0.1, 0.15) is 31.4 Å². The van der Waals surface area contributed by atoms with Crippen molar-refractivity contribution < 1.29 is 18.4 Å². The van der Waals surface area contributed by atoms with Crippen molar-refractivity contribution >= 4 is 51.4 Å². The second-order valence-corrected chi connectivity index (χ2v) is 14.6. The summed E-state index contributed by atoms with van der Waals surface area (Å²) in [6.45, 7) is 6.43. The Hall–Kier alpha value is -4.39. The molecule has 16 nitrogen and oxygen atoms in total. The van der Waals surface area contributed by atoms with Gasteiger partial charge in [0.1, 0.15) is 37.1 Å². The Kier molecular flexibility index (Phi) is 11.4. The quantitative estimate of drug-likeness (QED) is 0.156. The monoisotopic (exact) mass is 736 g/mol. The molecule has 1 aliphatic carbocycles. The number of hydrogen-bond donors (Lipinski definition) is 1. The summed E-state index contributed by atoms with van der Waals surface area (Å²) in [5, 5.41) is 7.19. The molecule has 3 aliphatic rings. The number of morpholine rings is 1. The molecule has 4 aromatic heterocycles. The fraction of sp³-hybridized carbons (Fsp3) is 0.559. The van der Waals surface area contributed by atoms with Crippen LogP contribution >= 0.6 is 0 Å². The van der Waals surface area contributed by atoms with Crippen molar-refractivity contribution in [1.82, 2.24) is 34.4 Å². The van der Waals surface area contributed by atoms with Crippen molar-refractivity contribution in [2.24, 2.45) is 12.2 Å². The fourth-order valence-electron chi connectivity index (χ4n) is 6.97. The molecule has 4 aromatic rings. The molecule has 1 unspecified atom stereocenters. The van der Waals surface area contributed by atoms with E-state index in [-0.39, 0.29) is 31.3 Å². The zero-order chi connectivity index (χ0) is 36.0. The third-order valence-corrected chi connectivity index (χ3v) is 11.0. The Morgan fingerprint density at radius 2 is 1.75 bits per heavy atom. The van der Waals surface area contributed by atoms with Crippen molar-refractivity contribution in [1.29, 1.82) is 0 Å². The summed E-state index contributed by atoms with van der Waals surface area (Å²) in [5.74, 6) is 1.93. The lowest BCUT2D eigenvalue weighted by atomic mass is 9.93. The van der Waals surface area contributed by atoms with E-state index in [0.717, 1.165) is 87.4 Å². The molecule has 3 fully saturated rings. The van der Waals surface area contributed by atoms with Gasteiger partial charge in [-0.05, 0) is 31.7 Å². The van der Waals surface area contributed by atoms with E-state index in [2.05, 4.69) is 40.1 Å². The zero-order valence-electron chi connectivity index (χ0n) is 29.6. The number of anilines is 4. The van der Waals surface area contributed by atoms with Gasteiger partial charge < -0.3 is 33.7 Å². The maximum Gasteiger partial charge on any atom is 0.271 e. The standard InChI is InChI=1S/C34H45FN12O4S/c1-43-27(22-39-34(43)42-48)23-47(52(2)49)25-17-29-30(36-19-25)18-31(46-13-15-50-16-14-46)41-32(29)51-28-5-3-24(4-6-28)40-33-37-20-26(21-38-33)45-11-9-44(8-7-35)10-12-45/h17-22,24,28H,3-16,23H2,1-2H3,(H,37,38,40). The minimum Gasteiger partial charge on any atom is -0.593 e. The van der Waals surface area contributed by atoms with Crippen LogP contribution < -0.4 is 24.2 Å². The van der Waals surface area contributed by atoms with Crippen molar-refractivity contribution in [3.63, 3.8) is 0 Å². The number of imidazole rings is 1. The SMILES string of the molecule is Cn1c(CN(c2cnc3cc(N4CCOCC4)nc(OC4CCC(Nc5ncc(N6CCN(CCF)CC6)cn5)CC4)c3c2)[S+](C)[O-])cnc1N=O. The maximum absolute atomic E-state index is 13.0. The highest BCUT2D eigenvalue weighted by molar-refractivity contribution is 7.92. The van der Waals surface area contributed by atoms with Crippen molar-refractivity contribution in [2.45, 2.75) is 44.4 Å². The van der Waals surface area contributed by atoms with E-state index in [1.807, 2.05) is 24.5 Å². The molecule has 278 valence electrons. The topological polar surface area (TPSA) is 165 Å². The first-order chi connectivity index (χ1) is 25.4. The summed E-state index contributed by atoms with van der Waals surface area (Å²) >= 11 is -1.42. The molecule has 52 heavy (non-hydrogen) atoms. The Morgan fingerprint density at radius 3 is 2.42 bits per heavy atom. The number of hydrogen-bond acceptors (Lipinski definition) is 15. The van der Waals surface area contributed by atoms with Gasteiger partial charge in [-0.15, -0.1) is 4.91 Å². The Balaban J connectivity index is 1.04. The largest absolute Gasteiger partial charge is 0.593 e. The van der Waals surface area contributed by atoms with E-state index < -0.39 is 11.4 Å². The molecular weight excluding hydrogens is 692 g/mol. The third-order valence-electron chi connectivity index (χ3n) is 10.1. The highest BCUT2D eigenvalue weighted by Gasteiger charge is 2.27. The van der Waals surface area contributed by atoms with Gasteiger partial charge in [-0.1, -0.05) is 0 Å². The average Bonchev–Trinajstić information content (AvgIpc) is 3.53. The summed E-state index contributed by atoms with van der Waals surface area (Å²) in [6, 6.07) is 4.09. The molecule has 0 bridgehead atoms. The fourth-order valence-corrected chi connectivity index (χ4v) is 7.68. The first-order valence-electron chi connectivity index (χ1n) is 17.8. The molecule has 18 heteroatoms. The molecule has 0 spiro atoms. The van der Waals surface area contributed by atoms with Gasteiger partial charge in [0.2, 0.25) is 11.8 Å². The number of nitroso groups, excluding NO2 is 1. The van der Waals surface area contributed by atoms with E-state index in [9.17, 15) is 13.9 Å². The van der Waals surface area contributed by atoms with E-state index >= 15 is 0 Å². The molecule has 1 saturated carbocycles. The first-order valence-corrected chi connectivity index (χ1v) is 19.3. The summed E-state index contributed by atoms with van der Waals surface area (Å²) in [4.78, 5) is 40.8. The van der Waals surface area contributed by atoms with Crippen molar-refractivity contribution in [2.75, 3.05) is 91.4 Å². The molecule has 6 heterocycles. The number of pyridine rings is 2. The number of halogens is 1. The highest BCUT2D eigenvalue weighted by Crippen LogP contribution is 2.34. The van der Waals surface area contributed by atoms with Gasteiger partial charge >= 0.3 is 0 Å². The first kappa shape index (κ1) is 36.0. The highest BCUT2D eigenvalue weighted by atomic mass is 32.2. The van der Waals surface area contributed by atoms with Gasteiger partial charge in [0, 0.05) is 70.1 Å². The van der Waals surface area contributed by atoms with Crippen LogP contribution in [0.3, 0.4) is 0 Å². The van der Waals surface area contributed by atoms with Gasteiger partial charge in [-0.25, -0.2) is 19.3 Å². The van der Waals surface area contributed by atoms with Crippen LogP contribution in [0.4, 0.5) is 33.5 Å². The third kappa shape index (κ3) is 8.29. The van der Waals surface area contributed by atoms with E-state index in [0.29, 0.717) is 43.0 Å². The van der Waals surface area contributed by atoms with Crippen LogP contribution in [0.2, 0.25) is 0 Å². The minimum absolute atomic E-state index is 0.0525. The van der Waals surface area contributed by atoms with Crippen molar-refractivity contribution in [3.8, 4) is 5.88 Å². The van der Waals surface area contributed by atoms with E-state index in [1.165, 1.54) is 0 Å². The molecule has 0 aromatic carbocycles. The predicted octanol–water partition coefficient (Wildman–Crippen LogP) is 3.58. The molecule has 0 radical (unpaired) electrons. The molecule has 2 saturated heterocycles. The number of piperazine rings is 1. The maximum atomic E-state index is 13.0. The lowest BCUT2D eigenvalue weighted by molar-refractivity contribution is 0.122. The summed E-state index contributed by atoms with van der Waals surface area (Å²) in [5.41, 5.74) is 3.01. The number of alkyl halides is 1. The van der Waals surface area contributed by atoms with E-state index in [4.69, 9.17) is 19.4 Å². The molecule has 1 N–H and O–H groups in total. The minimum atomic E-state index is -1.42. The van der Waals surface area contributed by atoms with Crippen LogP contribution in [0, 0.1) is 4.91 Å². The molecule has 0 amide bonds. The summed E-state index contributed by atoms with van der Waals surface area (Å²) < 4.78 is 41.3. The van der Waals surface area contributed by atoms with Crippen LogP contribution in [0.15, 0.2) is 42.1 Å². The Bertz CT molecular complexity index is 1800. The number of fused-ring (bicyclic) bond motifs is 1. The van der Waals surface area contributed by atoms with Gasteiger partial charge in [-0.2, -0.15) is 9.29 Å². The van der Waals surface area contributed by atoms with E-state index in [1.54, 1.807) is 34.6 Å². The van der Waals surface area contributed by atoms with Gasteiger partial charge in [0.05, 0.1) is 71.6 Å². The summed E-state index contributed by atoms with van der Waals surface area (Å²) in [7, 11) is 1.70. The zero-order valence-corrected chi connectivity index (χ0v) is 30.4. The number of rotatable bonds is 13. The Labute approximate surface area is 305 Å². The summed E-state index contributed by atoms with van der Waals surface area (Å²) in [6.07, 6.45) is 11.9. The van der Waals surface area contributed by atoms with Gasteiger partial charge in [-0.3, -0.25) is 9.88 Å².